The Balaban J connectivity index is 2.08. The van der Waals surface area contributed by atoms with Crippen molar-refractivity contribution in [3.8, 4) is 0 Å². The molecule has 4 heteroatoms. The smallest absolute Gasteiger partial charge is 0.251 e. The molecule has 14 heavy (non-hydrogen) atoms. The van der Waals surface area contributed by atoms with E-state index in [0.717, 1.165) is 24.4 Å². The van der Waals surface area contributed by atoms with Crippen molar-refractivity contribution in [3.63, 3.8) is 0 Å². The first-order valence-electron chi connectivity index (χ1n) is 4.88. The van der Waals surface area contributed by atoms with Gasteiger partial charge in [-0.2, -0.15) is 0 Å². The number of fused-ring (bicyclic) bond motifs is 1. The minimum atomic E-state index is -0.0581. The third kappa shape index (κ3) is 0.973. The molecule has 3 fully saturated rings. The van der Waals surface area contributed by atoms with Crippen molar-refractivity contribution in [2.75, 3.05) is 6.61 Å². The van der Waals surface area contributed by atoms with Crippen LogP contribution >= 0.6 is 0 Å². The lowest BCUT2D eigenvalue weighted by Crippen LogP contribution is -2.40. The number of aromatic nitrogens is 2. The van der Waals surface area contributed by atoms with E-state index in [1.54, 1.807) is 0 Å². The molecule has 2 saturated heterocycles. The Kier molecular flexibility index (Phi) is 1.43. The molecular weight excluding hydrogens is 180 g/mol. The molecule has 2 bridgehead atoms. The van der Waals surface area contributed by atoms with Gasteiger partial charge in [0.05, 0.1) is 18.1 Å². The molecule has 1 aliphatic carbocycles. The average Bonchev–Trinajstić information content (AvgIpc) is 2.58. The quantitative estimate of drug-likeness (QED) is 0.705. The summed E-state index contributed by atoms with van der Waals surface area (Å²) in [6.07, 6.45) is 2.43. The highest BCUT2D eigenvalue weighted by molar-refractivity contribution is 5.21. The normalized spacial score (nSPS) is 34.2. The molecule has 0 amide bonds. The molecule has 3 heterocycles. The summed E-state index contributed by atoms with van der Waals surface area (Å²) in [5, 5.41) is 0. The predicted octanol–water partition coefficient (Wildman–Crippen LogP) is 0.509. The van der Waals surface area contributed by atoms with E-state index in [4.69, 9.17) is 4.74 Å². The Bertz CT molecular complexity index is 426. The van der Waals surface area contributed by atoms with Crippen LogP contribution in [0.1, 0.15) is 24.4 Å². The third-order valence-electron chi connectivity index (χ3n) is 3.20. The summed E-state index contributed by atoms with van der Waals surface area (Å²) in [6, 6.07) is 1.52. The molecule has 1 saturated carbocycles. The fraction of sp³-hybridized carbons (Fsp3) is 0.600. The Morgan fingerprint density at radius 1 is 1.64 bits per heavy atom. The van der Waals surface area contributed by atoms with E-state index in [1.165, 1.54) is 6.07 Å². The molecule has 1 aromatic rings. The van der Waals surface area contributed by atoms with Crippen molar-refractivity contribution < 1.29 is 4.74 Å². The summed E-state index contributed by atoms with van der Waals surface area (Å²) in [6.45, 7) is 2.56. The number of aryl methyl sites for hydroxylation is 1. The SMILES string of the molecule is Cc1cc(=O)[nH]c(C23COC(C2)C3)n1. The van der Waals surface area contributed by atoms with Crippen LogP contribution in [0.4, 0.5) is 0 Å². The average molecular weight is 192 g/mol. The van der Waals surface area contributed by atoms with Crippen molar-refractivity contribution in [1.82, 2.24) is 9.97 Å². The van der Waals surface area contributed by atoms with Crippen molar-refractivity contribution in [2.45, 2.75) is 31.3 Å². The van der Waals surface area contributed by atoms with Gasteiger partial charge in [-0.25, -0.2) is 4.98 Å². The number of aromatic amines is 1. The minimum Gasteiger partial charge on any atom is -0.377 e. The molecule has 0 aromatic carbocycles. The maximum absolute atomic E-state index is 11.3. The van der Waals surface area contributed by atoms with Crippen LogP contribution in [0.3, 0.4) is 0 Å². The second kappa shape index (κ2) is 2.45. The molecule has 1 N–H and O–H groups in total. The van der Waals surface area contributed by atoms with Gasteiger partial charge < -0.3 is 9.72 Å². The van der Waals surface area contributed by atoms with E-state index in [0.29, 0.717) is 12.7 Å². The van der Waals surface area contributed by atoms with E-state index in [-0.39, 0.29) is 11.0 Å². The summed E-state index contributed by atoms with van der Waals surface area (Å²) in [7, 11) is 0. The number of hydrogen-bond donors (Lipinski definition) is 1. The van der Waals surface area contributed by atoms with Gasteiger partial charge in [0.25, 0.3) is 5.56 Å². The fourth-order valence-electron chi connectivity index (χ4n) is 2.42. The maximum atomic E-state index is 11.3. The van der Waals surface area contributed by atoms with Gasteiger partial charge >= 0.3 is 0 Å². The molecular formula is C10H12N2O2. The first kappa shape index (κ1) is 8.17. The van der Waals surface area contributed by atoms with Gasteiger partial charge in [-0.3, -0.25) is 4.79 Å². The summed E-state index contributed by atoms with van der Waals surface area (Å²) in [4.78, 5) is 18.5. The van der Waals surface area contributed by atoms with Gasteiger partial charge in [-0.1, -0.05) is 0 Å². The molecule has 1 aromatic heterocycles. The standard InChI is InChI=1S/C10H12N2O2/c1-6-2-8(13)12-9(11-6)10-3-7(4-10)14-5-10/h2,7H,3-5H2,1H3,(H,11,12,13). The van der Waals surface area contributed by atoms with E-state index in [2.05, 4.69) is 9.97 Å². The molecule has 0 unspecified atom stereocenters. The van der Waals surface area contributed by atoms with Crippen LogP contribution in [-0.4, -0.2) is 22.7 Å². The molecule has 4 rings (SSSR count). The highest BCUT2D eigenvalue weighted by atomic mass is 16.5. The Morgan fingerprint density at radius 2 is 2.43 bits per heavy atom. The second-order valence-corrected chi connectivity index (χ2v) is 4.36. The summed E-state index contributed by atoms with van der Waals surface area (Å²) < 4.78 is 5.50. The van der Waals surface area contributed by atoms with Crippen LogP contribution in [0, 0.1) is 6.92 Å². The van der Waals surface area contributed by atoms with Gasteiger partial charge in [0, 0.05) is 11.8 Å². The second-order valence-electron chi connectivity index (χ2n) is 4.36. The predicted molar refractivity (Wildman–Crippen MR) is 50.2 cm³/mol. The van der Waals surface area contributed by atoms with Crippen molar-refractivity contribution in [2.24, 2.45) is 0 Å². The molecule has 0 radical (unpaired) electrons. The number of rotatable bonds is 1. The number of nitrogens with zero attached hydrogens (tertiary/aromatic N) is 1. The van der Waals surface area contributed by atoms with Crippen molar-refractivity contribution in [3.05, 3.63) is 27.9 Å². The Hall–Kier alpha value is -1.16. The monoisotopic (exact) mass is 192 g/mol. The largest absolute Gasteiger partial charge is 0.377 e. The first-order chi connectivity index (χ1) is 6.68. The van der Waals surface area contributed by atoms with Gasteiger partial charge in [-0.15, -0.1) is 0 Å². The molecule has 0 atom stereocenters. The van der Waals surface area contributed by atoms with E-state index in [1.807, 2.05) is 6.92 Å². The van der Waals surface area contributed by atoms with Gasteiger partial charge in [0.15, 0.2) is 0 Å². The zero-order valence-electron chi connectivity index (χ0n) is 8.04. The van der Waals surface area contributed by atoms with Crippen LogP contribution in [0.15, 0.2) is 10.9 Å². The zero-order chi connectivity index (χ0) is 9.76. The van der Waals surface area contributed by atoms with Gasteiger partial charge in [0.1, 0.15) is 5.82 Å². The number of hydrogen-bond acceptors (Lipinski definition) is 3. The lowest BCUT2D eigenvalue weighted by Gasteiger charge is -2.33. The molecule has 3 aliphatic rings. The topological polar surface area (TPSA) is 55.0 Å². The maximum Gasteiger partial charge on any atom is 0.251 e. The number of ether oxygens (including phenoxy) is 1. The molecule has 2 aliphatic heterocycles. The molecule has 4 nitrogen and oxygen atoms in total. The summed E-state index contributed by atoms with van der Waals surface area (Å²) >= 11 is 0. The number of H-pyrrole nitrogens is 1. The lowest BCUT2D eigenvalue weighted by atomic mass is 9.69. The molecule has 74 valence electrons. The van der Waals surface area contributed by atoms with Crippen LogP contribution < -0.4 is 5.56 Å². The van der Waals surface area contributed by atoms with E-state index < -0.39 is 0 Å². The van der Waals surface area contributed by atoms with Gasteiger partial charge in [0.2, 0.25) is 0 Å². The van der Waals surface area contributed by atoms with Gasteiger partial charge in [-0.05, 0) is 19.8 Å². The Labute approximate surface area is 81.3 Å². The number of nitrogens with one attached hydrogen (secondary N) is 1. The highest BCUT2D eigenvalue weighted by Crippen LogP contribution is 2.50. The first-order valence-corrected chi connectivity index (χ1v) is 4.88. The van der Waals surface area contributed by atoms with Crippen LogP contribution in [0.2, 0.25) is 0 Å². The molecule has 0 spiro atoms. The zero-order valence-corrected chi connectivity index (χ0v) is 8.04. The highest BCUT2D eigenvalue weighted by Gasteiger charge is 2.54. The Morgan fingerprint density at radius 3 is 3.00 bits per heavy atom. The summed E-state index contributed by atoms with van der Waals surface area (Å²) in [5.74, 6) is 0.816. The van der Waals surface area contributed by atoms with E-state index in [9.17, 15) is 4.79 Å². The van der Waals surface area contributed by atoms with Crippen molar-refractivity contribution in [1.29, 1.82) is 0 Å². The van der Waals surface area contributed by atoms with E-state index >= 15 is 0 Å². The third-order valence-corrected chi connectivity index (χ3v) is 3.20. The van der Waals surface area contributed by atoms with Crippen LogP contribution in [-0.2, 0) is 10.2 Å². The fourth-order valence-corrected chi connectivity index (χ4v) is 2.42. The minimum absolute atomic E-state index is 0.0237. The lowest BCUT2D eigenvalue weighted by molar-refractivity contribution is 0.122. The summed E-state index contributed by atoms with van der Waals surface area (Å²) in [5.41, 5.74) is 0.751. The van der Waals surface area contributed by atoms with Crippen LogP contribution in [0.25, 0.3) is 0 Å². The van der Waals surface area contributed by atoms with Crippen LogP contribution in [0.5, 0.6) is 0 Å². The van der Waals surface area contributed by atoms with Crippen molar-refractivity contribution >= 4 is 0 Å².